The summed E-state index contributed by atoms with van der Waals surface area (Å²) in [4.78, 5) is 3.37. The van der Waals surface area contributed by atoms with Crippen molar-refractivity contribution < 1.29 is 0 Å². The van der Waals surface area contributed by atoms with Crippen LogP contribution in [0.15, 0.2) is 18.3 Å². The molecule has 2 nitrogen and oxygen atoms in total. The van der Waals surface area contributed by atoms with Gasteiger partial charge in [-0.3, -0.25) is 0 Å². The zero-order valence-electron chi connectivity index (χ0n) is 8.92. The summed E-state index contributed by atoms with van der Waals surface area (Å²) in [6, 6.07) is 4.35. The maximum atomic E-state index is 3.37. The molecule has 2 atom stereocenters. The van der Waals surface area contributed by atoms with E-state index in [0.29, 0.717) is 0 Å². The highest BCUT2D eigenvalue weighted by Crippen LogP contribution is 2.36. The predicted molar refractivity (Wildman–Crippen MR) is 59.4 cm³/mol. The van der Waals surface area contributed by atoms with Crippen LogP contribution in [0, 0.1) is 5.92 Å². The van der Waals surface area contributed by atoms with E-state index in [-0.39, 0.29) is 0 Å². The van der Waals surface area contributed by atoms with Gasteiger partial charge >= 0.3 is 0 Å². The average molecular weight is 192 g/mol. The Morgan fingerprint density at radius 2 is 2.29 bits per heavy atom. The summed E-state index contributed by atoms with van der Waals surface area (Å²) in [5.74, 6) is 1.58. The highest BCUT2D eigenvalue weighted by Gasteiger charge is 2.26. The summed E-state index contributed by atoms with van der Waals surface area (Å²) in [7, 11) is 2.06. The van der Waals surface area contributed by atoms with Crippen LogP contribution in [0.5, 0.6) is 0 Å². The van der Waals surface area contributed by atoms with Gasteiger partial charge in [-0.05, 0) is 44.5 Å². The molecule has 78 valence electrons. The molecule has 0 bridgehead atoms. The maximum Gasteiger partial charge on any atom is 0.0181 e. The van der Waals surface area contributed by atoms with Crippen LogP contribution in [-0.2, 0) is 0 Å². The molecule has 0 radical (unpaired) electrons. The Morgan fingerprint density at radius 3 is 3.00 bits per heavy atom. The molecule has 0 saturated heterocycles. The number of hydrogen-bond donors (Lipinski definition) is 2. The summed E-state index contributed by atoms with van der Waals surface area (Å²) in [5.41, 5.74) is 1.44. The molecule has 0 spiro atoms. The van der Waals surface area contributed by atoms with Gasteiger partial charge in [0.05, 0.1) is 0 Å². The number of hydrogen-bond acceptors (Lipinski definition) is 1. The first-order chi connectivity index (χ1) is 6.92. The van der Waals surface area contributed by atoms with Crippen molar-refractivity contribution in [2.75, 3.05) is 13.6 Å². The van der Waals surface area contributed by atoms with Crippen molar-refractivity contribution in [2.24, 2.45) is 5.92 Å². The first kappa shape index (κ1) is 9.78. The van der Waals surface area contributed by atoms with Crippen molar-refractivity contribution in [2.45, 2.75) is 31.6 Å². The minimum atomic E-state index is 0.756. The first-order valence-electron chi connectivity index (χ1n) is 5.69. The normalized spacial score (nSPS) is 27.8. The van der Waals surface area contributed by atoms with E-state index in [4.69, 9.17) is 0 Å². The molecule has 2 rings (SSSR count). The van der Waals surface area contributed by atoms with Crippen LogP contribution in [-0.4, -0.2) is 18.6 Å². The van der Waals surface area contributed by atoms with Crippen LogP contribution in [0.25, 0.3) is 0 Å². The van der Waals surface area contributed by atoms with E-state index in [0.717, 1.165) is 18.4 Å². The van der Waals surface area contributed by atoms with Crippen molar-refractivity contribution in [1.29, 1.82) is 0 Å². The second-order valence-electron chi connectivity index (χ2n) is 4.33. The minimum absolute atomic E-state index is 0.756. The van der Waals surface area contributed by atoms with Gasteiger partial charge in [-0.25, -0.2) is 0 Å². The summed E-state index contributed by atoms with van der Waals surface area (Å²) < 4.78 is 0. The Bertz CT molecular complexity index is 251. The van der Waals surface area contributed by atoms with Crippen LogP contribution in [0.3, 0.4) is 0 Å². The quantitative estimate of drug-likeness (QED) is 0.756. The van der Waals surface area contributed by atoms with E-state index in [9.17, 15) is 0 Å². The first-order valence-corrected chi connectivity index (χ1v) is 5.69. The molecule has 1 heterocycles. The van der Waals surface area contributed by atoms with E-state index in [2.05, 4.69) is 29.5 Å². The molecular weight excluding hydrogens is 172 g/mol. The smallest absolute Gasteiger partial charge is 0.0181 e. The predicted octanol–water partition coefficient (Wildman–Crippen LogP) is 2.51. The minimum Gasteiger partial charge on any atom is -0.365 e. The van der Waals surface area contributed by atoms with E-state index < -0.39 is 0 Å². The molecule has 0 amide bonds. The molecule has 1 aromatic heterocycles. The Labute approximate surface area is 86.1 Å². The molecule has 1 fully saturated rings. The Balaban J connectivity index is 2.06. The molecule has 1 aliphatic rings. The summed E-state index contributed by atoms with van der Waals surface area (Å²) in [6.07, 6.45) is 7.57. The van der Waals surface area contributed by atoms with Crippen LogP contribution in [0.4, 0.5) is 0 Å². The lowest BCUT2D eigenvalue weighted by molar-refractivity contribution is 0.297. The molecule has 14 heavy (non-hydrogen) atoms. The summed E-state index contributed by atoms with van der Waals surface area (Å²) in [5, 5.41) is 3.32. The number of aromatic amines is 1. The number of H-pyrrole nitrogens is 1. The van der Waals surface area contributed by atoms with Gasteiger partial charge in [-0.1, -0.05) is 12.8 Å². The second-order valence-corrected chi connectivity index (χ2v) is 4.33. The Hall–Kier alpha value is -0.760. The van der Waals surface area contributed by atoms with Gasteiger partial charge in [0.1, 0.15) is 0 Å². The van der Waals surface area contributed by atoms with Crippen molar-refractivity contribution >= 4 is 0 Å². The van der Waals surface area contributed by atoms with Gasteiger partial charge in [0, 0.05) is 17.8 Å². The average Bonchev–Trinajstić information content (AvgIpc) is 2.72. The van der Waals surface area contributed by atoms with E-state index >= 15 is 0 Å². The topological polar surface area (TPSA) is 27.8 Å². The Kier molecular flexibility index (Phi) is 3.25. The molecular formula is C12H20N2. The van der Waals surface area contributed by atoms with Crippen LogP contribution >= 0.6 is 0 Å². The van der Waals surface area contributed by atoms with Crippen molar-refractivity contribution in [1.82, 2.24) is 10.3 Å². The fourth-order valence-electron chi connectivity index (χ4n) is 2.70. The second kappa shape index (κ2) is 4.65. The van der Waals surface area contributed by atoms with E-state index in [1.165, 1.54) is 31.4 Å². The van der Waals surface area contributed by atoms with Gasteiger partial charge < -0.3 is 10.3 Å². The monoisotopic (exact) mass is 192 g/mol. The molecule has 1 saturated carbocycles. The van der Waals surface area contributed by atoms with Gasteiger partial charge in [0.15, 0.2) is 0 Å². The maximum absolute atomic E-state index is 3.37. The number of aromatic nitrogens is 1. The van der Waals surface area contributed by atoms with Crippen LogP contribution < -0.4 is 5.32 Å². The largest absolute Gasteiger partial charge is 0.365 e. The fourth-order valence-corrected chi connectivity index (χ4v) is 2.70. The zero-order chi connectivity index (χ0) is 9.80. The third kappa shape index (κ3) is 2.01. The van der Waals surface area contributed by atoms with Gasteiger partial charge in [0.25, 0.3) is 0 Å². The molecule has 1 aliphatic carbocycles. The Morgan fingerprint density at radius 1 is 1.43 bits per heavy atom. The lowest BCUT2D eigenvalue weighted by Gasteiger charge is -2.30. The fraction of sp³-hybridized carbons (Fsp3) is 0.667. The highest BCUT2D eigenvalue weighted by atomic mass is 14.8. The summed E-state index contributed by atoms with van der Waals surface area (Å²) >= 11 is 0. The SMILES string of the molecule is CNCC1CCCCC1c1ccc[nH]1. The zero-order valence-corrected chi connectivity index (χ0v) is 8.92. The molecule has 0 aliphatic heterocycles. The van der Waals surface area contributed by atoms with Gasteiger partial charge in [-0.2, -0.15) is 0 Å². The van der Waals surface area contributed by atoms with Crippen molar-refractivity contribution in [3.63, 3.8) is 0 Å². The lowest BCUT2D eigenvalue weighted by atomic mass is 9.77. The summed E-state index contributed by atoms with van der Waals surface area (Å²) in [6.45, 7) is 1.16. The molecule has 2 heteroatoms. The standard InChI is InChI=1S/C12H20N2/c1-13-9-10-5-2-3-6-11(10)12-7-4-8-14-12/h4,7-8,10-11,13-14H,2-3,5-6,9H2,1H3. The molecule has 0 aromatic carbocycles. The third-order valence-electron chi connectivity index (χ3n) is 3.40. The van der Waals surface area contributed by atoms with Crippen LogP contribution in [0.2, 0.25) is 0 Å². The van der Waals surface area contributed by atoms with Crippen LogP contribution in [0.1, 0.15) is 37.3 Å². The third-order valence-corrected chi connectivity index (χ3v) is 3.40. The van der Waals surface area contributed by atoms with Crippen molar-refractivity contribution in [3.05, 3.63) is 24.0 Å². The van der Waals surface area contributed by atoms with Crippen molar-refractivity contribution in [3.8, 4) is 0 Å². The number of nitrogens with one attached hydrogen (secondary N) is 2. The molecule has 1 aromatic rings. The molecule has 2 unspecified atom stereocenters. The number of rotatable bonds is 3. The molecule has 2 N–H and O–H groups in total. The van der Waals surface area contributed by atoms with Gasteiger partial charge in [0.2, 0.25) is 0 Å². The highest BCUT2D eigenvalue weighted by molar-refractivity contribution is 5.12. The van der Waals surface area contributed by atoms with E-state index in [1.54, 1.807) is 0 Å². The lowest BCUT2D eigenvalue weighted by Crippen LogP contribution is -2.27. The van der Waals surface area contributed by atoms with Gasteiger partial charge in [-0.15, -0.1) is 0 Å². The van der Waals surface area contributed by atoms with E-state index in [1.807, 2.05) is 6.20 Å².